The first-order valence-corrected chi connectivity index (χ1v) is 8.09. The van der Waals surface area contributed by atoms with Gasteiger partial charge in [-0.25, -0.2) is 4.98 Å². The quantitative estimate of drug-likeness (QED) is 0.816. The first kappa shape index (κ1) is 14.7. The minimum atomic E-state index is 0.0857. The average molecular weight is 308 g/mol. The topological polar surface area (TPSA) is 53.3 Å². The Bertz CT molecular complexity index is 705. The van der Waals surface area contributed by atoms with E-state index in [-0.39, 0.29) is 5.56 Å². The Hall–Kier alpha value is -1.24. The van der Waals surface area contributed by atoms with Gasteiger partial charge in [0.1, 0.15) is 10.7 Å². The van der Waals surface area contributed by atoms with Crippen molar-refractivity contribution < 1.29 is 9.47 Å². The summed E-state index contributed by atoms with van der Waals surface area (Å²) in [6, 6.07) is 0. The molecule has 0 saturated heterocycles. The zero-order valence-corrected chi connectivity index (χ0v) is 13.3. The maximum atomic E-state index is 12.9. The number of rotatable bonds is 6. The predicted octanol–water partition coefficient (Wildman–Crippen LogP) is 1.78. The van der Waals surface area contributed by atoms with E-state index in [9.17, 15) is 4.79 Å². The van der Waals surface area contributed by atoms with E-state index in [0.717, 1.165) is 35.3 Å². The summed E-state index contributed by atoms with van der Waals surface area (Å²) in [5.41, 5.74) is 1.32. The van der Waals surface area contributed by atoms with Crippen LogP contribution in [0.2, 0.25) is 0 Å². The molecule has 0 aromatic carbocycles. The molecule has 6 heteroatoms. The molecule has 0 N–H and O–H groups in total. The van der Waals surface area contributed by atoms with Gasteiger partial charge in [0.2, 0.25) is 0 Å². The van der Waals surface area contributed by atoms with Crippen molar-refractivity contribution in [2.24, 2.45) is 0 Å². The van der Waals surface area contributed by atoms with E-state index in [1.54, 1.807) is 30.1 Å². The van der Waals surface area contributed by atoms with Crippen LogP contribution in [0, 0.1) is 0 Å². The summed E-state index contributed by atoms with van der Waals surface area (Å²) in [6.07, 6.45) is 3.89. The van der Waals surface area contributed by atoms with Gasteiger partial charge in [-0.15, -0.1) is 11.3 Å². The van der Waals surface area contributed by atoms with Crippen molar-refractivity contribution in [1.82, 2.24) is 9.55 Å². The summed E-state index contributed by atoms with van der Waals surface area (Å²) in [7, 11) is 3.31. The monoisotopic (exact) mass is 308 g/mol. The Kier molecular flexibility index (Phi) is 4.37. The molecule has 1 aliphatic carbocycles. The van der Waals surface area contributed by atoms with Crippen LogP contribution in [0.15, 0.2) is 4.79 Å². The lowest BCUT2D eigenvalue weighted by atomic mass is 10.2. The lowest BCUT2D eigenvalue weighted by Gasteiger charge is -2.12. The van der Waals surface area contributed by atoms with E-state index in [2.05, 4.69) is 0 Å². The second-order valence-corrected chi connectivity index (χ2v) is 6.34. The number of hydrogen-bond donors (Lipinski definition) is 0. The van der Waals surface area contributed by atoms with Crippen LogP contribution < -0.4 is 5.56 Å². The first-order valence-electron chi connectivity index (χ1n) is 7.28. The van der Waals surface area contributed by atoms with Gasteiger partial charge in [-0.1, -0.05) is 0 Å². The fraction of sp³-hybridized carbons (Fsp3) is 0.600. The molecule has 0 radical (unpaired) electrons. The number of ether oxygens (including phenoxy) is 2. The standard InChI is InChI=1S/C15H20N2O3S/c1-19-8-6-12-16-14-13(10-4-3-5-11(10)21-14)15(18)17(12)7-9-20-2/h3-9H2,1-2H3. The van der Waals surface area contributed by atoms with Gasteiger partial charge in [-0.3, -0.25) is 9.36 Å². The fourth-order valence-corrected chi connectivity index (χ4v) is 4.19. The summed E-state index contributed by atoms with van der Waals surface area (Å²) in [5, 5.41) is 0.838. The number of hydrogen-bond acceptors (Lipinski definition) is 5. The second-order valence-electron chi connectivity index (χ2n) is 5.26. The van der Waals surface area contributed by atoms with Crippen molar-refractivity contribution in [3.8, 4) is 0 Å². The van der Waals surface area contributed by atoms with Gasteiger partial charge in [-0.2, -0.15) is 0 Å². The molecule has 21 heavy (non-hydrogen) atoms. The highest BCUT2D eigenvalue weighted by Crippen LogP contribution is 2.34. The van der Waals surface area contributed by atoms with Crippen LogP contribution >= 0.6 is 11.3 Å². The molecule has 0 aliphatic heterocycles. The van der Waals surface area contributed by atoms with E-state index >= 15 is 0 Å². The van der Waals surface area contributed by atoms with E-state index in [0.29, 0.717) is 26.2 Å². The molecule has 3 rings (SSSR count). The Labute approximate surface area is 127 Å². The van der Waals surface area contributed by atoms with Gasteiger partial charge in [0.25, 0.3) is 5.56 Å². The van der Waals surface area contributed by atoms with E-state index in [1.807, 2.05) is 0 Å². The van der Waals surface area contributed by atoms with Crippen LogP contribution in [0.25, 0.3) is 10.2 Å². The molecule has 5 nitrogen and oxygen atoms in total. The number of thiophene rings is 1. The van der Waals surface area contributed by atoms with Crippen LogP contribution in [0.5, 0.6) is 0 Å². The van der Waals surface area contributed by atoms with Gasteiger partial charge < -0.3 is 9.47 Å². The molecule has 0 fully saturated rings. The van der Waals surface area contributed by atoms with Crippen LogP contribution in [-0.4, -0.2) is 37.0 Å². The average Bonchev–Trinajstić information content (AvgIpc) is 3.04. The highest BCUT2D eigenvalue weighted by molar-refractivity contribution is 7.18. The Balaban J connectivity index is 2.13. The highest BCUT2D eigenvalue weighted by Gasteiger charge is 2.22. The Morgan fingerprint density at radius 2 is 2.05 bits per heavy atom. The molecular weight excluding hydrogens is 288 g/mol. The lowest BCUT2D eigenvalue weighted by Crippen LogP contribution is -2.27. The Morgan fingerprint density at radius 3 is 2.81 bits per heavy atom. The highest BCUT2D eigenvalue weighted by atomic mass is 32.1. The van der Waals surface area contributed by atoms with Crippen molar-refractivity contribution in [1.29, 1.82) is 0 Å². The van der Waals surface area contributed by atoms with Crippen molar-refractivity contribution in [2.75, 3.05) is 27.4 Å². The number of aromatic nitrogens is 2. The van der Waals surface area contributed by atoms with Crippen molar-refractivity contribution >= 4 is 21.6 Å². The fourth-order valence-electron chi connectivity index (χ4n) is 2.92. The SMILES string of the molecule is COCCc1nc2sc3c(c2c(=O)n1CCOC)CCC3. The van der Waals surface area contributed by atoms with E-state index in [1.165, 1.54) is 10.4 Å². The summed E-state index contributed by atoms with van der Waals surface area (Å²) >= 11 is 1.68. The maximum absolute atomic E-state index is 12.9. The molecule has 2 aromatic rings. The Morgan fingerprint density at radius 1 is 1.24 bits per heavy atom. The minimum Gasteiger partial charge on any atom is -0.384 e. The van der Waals surface area contributed by atoms with Gasteiger partial charge in [0, 0.05) is 25.5 Å². The molecule has 114 valence electrons. The molecule has 1 aliphatic rings. The zero-order valence-electron chi connectivity index (χ0n) is 12.5. The third kappa shape index (κ3) is 2.63. The van der Waals surface area contributed by atoms with Gasteiger partial charge in [-0.05, 0) is 24.8 Å². The molecule has 0 amide bonds. The summed E-state index contributed by atoms with van der Waals surface area (Å²) in [5.74, 6) is 0.798. The molecule has 2 heterocycles. The third-order valence-corrected chi connectivity index (χ3v) is 5.14. The second kappa shape index (κ2) is 6.25. The molecule has 2 aromatic heterocycles. The molecule has 0 atom stereocenters. The van der Waals surface area contributed by atoms with Crippen molar-refractivity contribution in [3.63, 3.8) is 0 Å². The number of methoxy groups -OCH3 is 2. The molecule has 0 saturated carbocycles. The first-order chi connectivity index (χ1) is 10.3. The maximum Gasteiger partial charge on any atom is 0.262 e. The normalized spacial score (nSPS) is 14.0. The minimum absolute atomic E-state index is 0.0857. The lowest BCUT2D eigenvalue weighted by molar-refractivity contribution is 0.180. The van der Waals surface area contributed by atoms with Gasteiger partial charge in [0.05, 0.1) is 25.1 Å². The summed E-state index contributed by atoms with van der Waals surface area (Å²) < 4.78 is 12.0. The number of aryl methyl sites for hydroxylation is 2. The number of nitrogens with zero attached hydrogens (tertiary/aromatic N) is 2. The van der Waals surface area contributed by atoms with E-state index < -0.39 is 0 Å². The summed E-state index contributed by atoms with van der Waals surface area (Å²) in [4.78, 5) is 19.8. The molecule has 0 spiro atoms. The molecule has 0 unspecified atom stereocenters. The van der Waals surface area contributed by atoms with Crippen LogP contribution in [0.4, 0.5) is 0 Å². The predicted molar refractivity (Wildman–Crippen MR) is 83.4 cm³/mol. The van der Waals surface area contributed by atoms with Crippen LogP contribution in [-0.2, 0) is 35.3 Å². The summed E-state index contributed by atoms with van der Waals surface area (Å²) in [6.45, 7) is 1.62. The van der Waals surface area contributed by atoms with Crippen LogP contribution in [0.3, 0.4) is 0 Å². The zero-order chi connectivity index (χ0) is 14.8. The van der Waals surface area contributed by atoms with Crippen LogP contribution in [0.1, 0.15) is 22.7 Å². The van der Waals surface area contributed by atoms with Crippen molar-refractivity contribution in [3.05, 3.63) is 26.6 Å². The molecule has 0 bridgehead atoms. The van der Waals surface area contributed by atoms with E-state index in [4.69, 9.17) is 14.5 Å². The van der Waals surface area contributed by atoms with Gasteiger partial charge >= 0.3 is 0 Å². The largest absolute Gasteiger partial charge is 0.384 e. The van der Waals surface area contributed by atoms with Gasteiger partial charge in [0.15, 0.2) is 0 Å². The molecular formula is C15H20N2O3S. The smallest absolute Gasteiger partial charge is 0.262 e. The number of fused-ring (bicyclic) bond motifs is 3. The van der Waals surface area contributed by atoms with Crippen molar-refractivity contribution in [2.45, 2.75) is 32.2 Å². The third-order valence-electron chi connectivity index (χ3n) is 3.95.